The van der Waals surface area contributed by atoms with Gasteiger partial charge in [-0.3, -0.25) is 4.79 Å². The number of amides is 1. The zero-order chi connectivity index (χ0) is 12.8. The molecule has 2 N–H and O–H groups in total. The molecule has 1 aromatic carbocycles. The second-order valence-corrected chi connectivity index (χ2v) is 5.48. The molecule has 1 unspecified atom stereocenters. The molecule has 0 aromatic heterocycles. The first-order valence-corrected chi connectivity index (χ1v) is 7.19. The molecule has 0 saturated heterocycles. The number of carbonyl (C=O) groups is 1. The van der Waals surface area contributed by atoms with Crippen molar-refractivity contribution in [3.8, 4) is 0 Å². The molecule has 0 spiro atoms. The summed E-state index contributed by atoms with van der Waals surface area (Å²) in [5.41, 5.74) is 0.860. The van der Waals surface area contributed by atoms with Crippen molar-refractivity contribution in [1.82, 2.24) is 5.32 Å². The molecule has 0 aliphatic rings. The summed E-state index contributed by atoms with van der Waals surface area (Å²) < 4.78 is 0.908. The molecule has 0 radical (unpaired) electrons. The summed E-state index contributed by atoms with van der Waals surface area (Å²) in [5.74, 6) is 0.435. The molecule has 1 aromatic rings. The van der Waals surface area contributed by atoms with E-state index in [1.807, 2.05) is 25.1 Å². The summed E-state index contributed by atoms with van der Waals surface area (Å²) in [6.07, 6.45) is -0.478. The van der Waals surface area contributed by atoms with Crippen molar-refractivity contribution in [1.29, 1.82) is 0 Å². The van der Waals surface area contributed by atoms with E-state index in [1.54, 1.807) is 6.92 Å². The summed E-state index contributed by atoms with van der Waals surface area (Å²) in [4.78, 5) is 12.3. The van der Waals surface area contributed by atoms with Crippen LogP contribution < -0.4 is 5.32 Å². The fraction of sp³-hybridized carbons (Fsp3) is 0.417. The highest BCUT2D eigenvalue weighted by atomic mass is 79.9. The Kier molecular flexibility index (Phi) is 6.02. The number of hydrogen-bond donors (Lipinski definition) is 2. The van der Waals surface area contributed by atoms with Crippen LogP contribution in [0.2, 0.25) is 0 Å². The lowest BCUT2D eigenvalue weighted by atomic mass is 10.1. The maximum atomic E-state index is 11.3. The smallest absolute Gasteiger partial charge is 0.230 e. The average Bonchev–Trinajstić information content (AvgIpc) is 2.27. The van der Waals surface area contributed by atoms with Crippen molar-refractivity contribution in [2.24, 2.45) is 0 Å². The Balaban J connectivity index is 2.63. The Bertz CT molecular complexity index is 396. The van der Waals surface area contributed by atoms with Crippen LogP contribution in [0.4, 0.5) is 0 Å². The SMILES string of the molecule is CCNC(=O)CSc1ccc(C(C)O)cc1Br. The molecule has 1 amide bonds. The fourth-order valence-corrected chi connectivity index (χ4v) is 2.78. The first-order chi connectivity index (χ1) is 8.04. The Morgan fingerprint density at radius 1 is 1.59 bits per heavy atom. The van der Waals surface area contributed by atoms with Crippen LogP contribution in [0, 0.1) is 0 Å². The lowest BCUT2D eigenvalue weighted by Gasteiger charge is -2.09. The summed E-state index contributed by atoms with van der Waals surface area (Å²) in [6, 6.07) is 5.66. The second kappa shape index (κ2) is 7.03. The summed E-state index contributed by atoms with van der Waals surface area (Å²) in [6.45, 7) is 4.28. The Morgan fingerprint density at radius 3 is 2.82 bits per heavy atom. The maximum absolute atomic E-state index is 11.3. The number of nitrogens with one attached hydrogen (secondary N) is 1. The third-order valence-corrected chi connectivity index (χ3v) is 4.16. The molecule has 0 saturated carbocycles. The van der Waals surface area contributed by atoms with Crippen molar-refractivity contribution < 1.29 is 9.90 Å². The lowest BCUT2D eigenvalue weighted by Crippen LogP contribution is -2.24. The van der Waals surface area contributed by atoms with Gasteiger partial charge in [-0.2, -0.15) is 0 Å². The average molecular weight is 318 g/mol. The minimum Gasteiger partial charge on any atom is -0.389 e. The number of halogens is 1. The van der Waals surface area contributed by atoms with E-state index in [0.717, 1.165) is 14.9 Å². The standard InChI is InChI=1S/C12H16BrNO2S/c1-3-14-12(16)7-17-11-5-4-9(8(2)15)6-10(11)13/h4-6,8,15H,3,7H2,1-2H3,(H,14,16). The minimum absolute atomic E-state index is 0.0315. The van der Waals surface area contributed by atoms with Gasteiger partial charge < -0.3 is 10.4 Å². The number of carbonyl (C=O) groups excluding carboxylic acids is 1. The van der Waals surface area contributed by atoms with Gasteiger partial charge in [0.15, 0.2) is 0 Å². The van der Waals surface area contributed by atoms with Crippen LogP contribution in [0.25, 0.3) is 0 Å². The van der Waals surface area contributed by atoms with Gasteiger partial charge in [-0.1, -0.05) is 6.07 Å². The van der Waals surface area contributed by atoms with Crippen molar-refractivity contribution >= 4 is 33.6 Å². The third kappa shape index (κ3) is 4.69. The molecule has 1 rings (SSSR count). The fourth-order valence-electron chi connectivity index (χ4n) is 1.29. The normalized spacial score (nSPS) is 12.2. The molecule has 17 heavy (non-hydrogen) atoms. The molecule has 0 aliphatic heterocycles. The second-order valence-electron chi connectivity index (χ2n) is 3.61. The van der Waals surface area contributed by atoms with Crippen LogP contribution in [0.1, 0.15) is 25.5 Å². The minimum atomic E-state index is -0.478. The van der Waals surface area contributed by atoms with E-state index in [9.17, 15) is 9.90 Å². The van der Waals surface area contributed by atoms with Gasteiger partial charge in [-0.25, -0.2) is 0 Å². The van der Waals surface area contributed by atoms with E-state index >= 15 is 0 Å². The van der Waals surface area contributed by atoms with E-state index in [-0.39, 0.29) is 5.91 Å². The molecule has 0 heterocycles. The zero-order valence-electron chi connectivity index (χ0n) is 9.87. The summed E-state index contributed by atoms with van der Waals surface area (Å²) in [5, 5.41) is 12.2. The van der Waals surface area contributed by atoms with Gasteiger partial charge in [-0.15, -0.1) is 11.8 Å². The van der Waals surface area contributed by atoms with Crippen LogP contribution in [-0.4, -0.2) is 23.3 Å². The van der Waals surface area contributed by atoms with E-state index in [1.165, 1.54) is 11.8 Å². The highest BCUT2D eigenvalue weighted by Gasteiger charge is 2.07. The molecule has 0 fully saturated rings. The zero-order valence-corrected chi connectivity index (χ0v) is 12.3. The van der Waals surface area contributed by atoms with Crippen molar-refractivity contribution in [3.05, 3.63) is 28.2 Å². The van der Waals surface area contributed by atoms with E-state index in [0.29, 0.717) is 12.3 Å². The topological polar surface area (TPSA) is 49.3 Å². The van der Waals surface area contributed by atoms with Crippen molar-refractivity contribution in [2.75, 3.05) is 12.3 Å². The Labute approximate surface area is 114 Å². The monoisotopic (exact) mass is 317 g/mol. The number of benzene rings is 1. The molecule has 3 nitrogen and oxygen atoms in total. The number of aliphatic hydroxyl groups excluding tert-OH is 1. The number of hydrogen-bond acceptors (Lipinski definition) is 3. The van der Waals surface area contributed by atoms with Gasteiger partial charge in [-0.05, 0) is 47.5 Å². The van der Waals surface area contributed by atoms with Crippen molar-refractivity contribution in [3.63, 3.8) is 0 Å². The van der Waals surface area contributed by atoms with Crippen LogP contribution in [0.5, 0.6) is 0 Å². The maximum Gasteiger partial charge on any atom is 0.230 e. The van der Waals surface area contributed by atoms with Crippen LogP contribution >= 0.6 is 27.7 Å². The highest BCUT2D eigenvalue weighted by Crippen LogP contribution is 2.29. The lowest BCUT2D eigenvalue weighted by molar-refractivity contribution is -0.118. The van der Waals surface area contributed by atoms with Gasteiger partial charge in [0.25, 0.3) is 0 Å². The Hall–Kier alpha value is -0.520. The number of aliphatic hydroxyl groups is 1. The molecule has 94 valence electrons. The van der Waals surface area contributed by atoms with Gasteiger partial charge in [0, 0.05) is 15.9 Å². The predicted molar refractivity (Wildman–Crippen MR) is 74.2 cm³/mol. The van der Waals surface area contributed by atoms with E-state index in [4.69, 9.17) is 0 Å². The first kappa shape index (κ1) is 14.5. The summed E-state index contributed by atoms with van der Waals surface area (Å²) >= 11 is 4.92. The van der Waals surface area contributed by atoms with E-state index < -0.39 is 6.10 Å². The van der Waals surface area contributed by atoms with Crippen LogP contribution in [0.3, 0.4) is 0 Å². The number of rotatable bonds is 5. The van der Waals surface area contributed by atoms with Crippen LogP contribution in [0.15, 0.2) is 27.6 Å². The summed E-state index contributed by atoms with van der Waals surface area (Å²) in [7, 11) is 0. The molecule has 1 atom stereocenters. The van der Waals surface area contributed by atoms with Gasteiger partial charge in [0.05, 0.1) is 11.9 Å². The van der Waals surface area contributed by atoms with Crippen molar-refractivity contribution in [2.45, 2.75) is 24.8 Å². The highest BCUT2D eigenvalue weighted by molar-refractivity contribution is 9.10. The molecule has 5 heteroatoms. The van der Waals surface area contributed by atoms with Crippen LogP contribution in [-0.2, 0) is 4.79 Å². The van der Waals surface area contributed by atoms with E-state index in [2.05, 4.69) is 21.2 Å². The first-order valence-electron chi connectivity index (χ1n) is 5.41. The third-order valence-electron chi connectivity index (χ3n) is 2.17. The number of thioether (sulfide) groups is 1. The molecule has 0 bridgehead atoms. The quantitative estimate of drug-likeness (QED) is 0.821. The molecular weight excluding hydrogens is 302 g/mol. The van der Waals surface area contributed by atoms with Gasteiger partial charge >= 0.3 is 0 Å². The van der Waals surface area contributed by atoms with Gasteiger partial charge in [0.1, 0.15) is 0 Å². The molecule has 0 aliphatic carbocycles. The molecular formula is C12H16BrNO2S. The van der Waals surface area contributed by atoms with Gasteiger partial charge in [0.2, 0.25) is 5.91 Å². The Morgan fingerprint density at radius 2 is 2.29 bits per heavy atom. The predicted octanol–water partition coefficient (Wildman–Crippen LogP) is 2.73. The largest absolute Gasteiger partial charge is 0.389 e.